The number of rotatable bonds is 7. The third-order valence-electron chi connectivity index (χ3n) is 5.55. The molecule has 0 aromatic heterocycles. The number of nitrogens with two attached hydrogens (primary N) is 1. The molecule has 1 aliphatic heterocycles. The predicted octanol–water partition coefficient (Wildman–Crippen LogP) is 1.90. The largest absolute Gasteiger partial charge is 0.508 e. The number of phenols is 2. The molecule has 162 valence electrons. The molecule has 0 radical (unpaired) electrons. The van der Waals surface area contributed by atoms with E-state index in [9.17, 15) is 19.8 Å². The number of ether oxygens (including phenoxy) is 1. The van der Waals surface area contributed by atoms with E-state index in [-0.39, 0.29) is 28.9 Å². The van der Waals surface area contributed by atoms with Gasteiger partial charge in [-0.3, -0.25) is 10.1 Å². The highest BCUT2D eigenvalue weighted by Crippen LogP contribution is 2.33. The van der Waals surface area contributed by atoms with Crippen molar-refractivity contribution in [2.75, 3.05) is 26.7 Å². The first kappa shape index (κ1) is 23.0. The van der Waals surface area contributed by atoms with Crippen molar-refractivity contribution in [3.8, 4) is 11.5 Å². The Morgan fingerprint density at radius 2 is 1.90 bits per heavy atom. The van der Waals surface area contributed by atoms with Crippen LogP contribution in [0.25, 0.3) is 0 Å². The zero-order valence-corrected chi connectivity index (χ0v) is 17.7. The van der Waals surface area contributed by atoms with Gasteiger partial charge in [-0.25, -0.2) is 4.79 Å². The lowest BCUT2D eigenvalue weighted by Gasteiger charge is -2.33. The molecule has 1 amide bonds. The number of amides is 1. The smallest absolute Gasteiger partial charge is 0.340 e. The first-order chi connectivity index (χ1) is 13.6. The van der Waals surface area contributed by atoms with Crippen molar-refractivity contribution in [3.05, 3.63) is 23.3 Å². The number of hydrogen-bond donors (Lipinski definition) is 4. The molecular weight excluding hydrogens is 374 g/mol. The molecule has 0 spiro atoms. The summed E-state index contributed by atoms with van der Waals surface area (Å²) in [6.45, 7) is 7.20. The van der Waals surface area contributed by atoms with Gasteiger partial charge in [0.2, 0.25) is 0 Å². The van der Waals surface area contributed by atoms with Crippen LogP contribution in [0.2, 0.25) is 0 Å². The summed E-state index contributed by atoms with van der Waals surface area (Å²) in [5.41, 5.74) is 5.55. The molecule has 1 fully saturated rings. The number of hydrogen-bond acceptors (Lipinski definition) is 7. The highest BCUT2D eigenvalue weighted by molar-refractivity contribution is 5.97. The van der Waals surface area contributed by atoms with E-state index < -0.39 is 11.6 Å². The fraction of sp³-hybridized carbons (Fsp3) is 0.619. The van der Waals surface area contributed by atoms with Crippen LogP contribution in [0, 0.1) is 5.92 Å². The van der Waals surface area contributed by atoms with Gasteiger partial charge < -0.3 is 25.6 Å². The zero-order chi connectivity index (χ0) is 21.8. The highest BCUT2D eigenvalue weighted by Gasteiger charge is 2.30. The molecule has 5 N–H and O–H groups in total. The Hall–Kier alpha value is -2.32. The number of nitrogens with one attached hydrogen (secondary N) is 1. The van der Waals surface area contributed by atoms with Crippen LogP contribution in [-0.2, 0) is 9.53 Å². The molecule has 8 nitrogen and oxygen atoms in total. The van der Waals surface area contributed by atoms with Crippen LogP contribution in [0.5, 0.6) is 11.5 Å². The Balaban J connectivity index is 1.90. The number of benzene rings is 1. The summed E-state index contributed by atoms with van der Waals surface area (Å²) in [6.07, 6.45) is 2.51. The van der Waals surface area contributed by atoms with Gasteiger partial charge in [-0.15, -0.1) is 0 Å². The predicted molar refractivity (Wildman–Crippen MR) is 110 cm³/mol. The van der Waals surface area contributed by atoms with Crippen molar-refractivity contribution >= 4 is 11.9 Å². The molecule has 29 heavy (non-hydrogen) atoms. The molecule has 1 unspecified atom stereocenters. The van der Waals surface area contributed by atoms with Gasteiger partial charge in [0.15, 0.2) is 5.66 Å². The lowest BCUT2D eigenvalue weighted by molar-refractivity contribution is -0.147. The molecule has 1 aliphatic rings. The van der Waals surface area contributed by atoms with Crippen molar-refractivity contribution < 1.29 is 24.5 Å². The number of carbonyl (C=O) groups excluding carboxylic acids is 2. The molecule has 1 heterocycles. The lowest BCUT2D eigenvalue weighted by atomic mass is 9.92. The number of carbonyl (C=O) groups is 2. The Morgan fingerprint density at radius 1 is 1.28 bits per heavy atom. The Morgan fingerprint density at radius 3 is 2.45 bits per heavy atom. The Labute approximate surface area is 172 Å². The number of phenolic OH excluding ortho intramolecular Hbond substituents is 2. The molecule has 0 saturated carbocycles. The number of esters is 1. The van der Waals surface area contributed by atoms with Crippen LogP contribution in [0.1, 0.15) is 61.9 Å². The SMILES string of the molecule is COC(=O)C(C)(N)NCCC1CCN(C(=O)c2cc(C(C)C)c(O)cc2O)CC1. The van der Waals surface area contributed by atoms with E-state index in [1.54, 1.807) is 17.9 Å². The maximum Gasteiger partial charge on any atom is 0.340 e. The first-order valence-corrected chi connectivity index (χ1v) is 10.0. The van der Waals surface area contributed by atoms with Gasteiger partial charge in [-0.2, -0.15) is 0 Å². The fourth-order valence-electron chi connectivity index (χ4n) is 3.64. The fourth-order valence-corrected chi connectivity index (χ4v) is 3.64. The van der Waals surface area contributed by atoms with Crippen molar-refractivity contribution in [2.24, 2.45) is 11.7 Å². The highest BCUT2D eigenvalue weighted by atomic mass is 16.5. The van der Waals surface area contributed by atoms with Crippen molar-refractivity contribution in [1.82, 2.24) is 10.2 Å². The lowest BCUT2D eigenvalue weighted by Crippen LogP contribution is -2.58. The van der Waals surface area contributed by atoms with Gasteiger partial charge in [0, 0.05) is 19.2 Å². The van der Waals surface area contributed by atoms with Crippen LogP contribution < -0.4 is 11.1 Å². The van der Waals surface area contributed by atoms with E-state index in [0.717, 1.165) is 19.3 Å². The van der Waals surface area contributed by atoms with E-state index >= 15 is 0 Å². The van der Waals surface area contributed by atoms with Gasteiger partial charge in [-0.05, 0) is 56.2 Å². The maximum atomic E-state index is 12.9. The Bertz CT molecular complexity index is 740. The van der Waals surface area contributed by atoms with Crippen LogP contribution >= 0.6 is 0 Å². The molecule has 1 saturated heterocycles. The number of likely N-dealkylation sites (tertiary alicyclic amines) is 1. The van der Waals surface area contributed by atoms with E-state index in [2.05, 4.69) is 10.1 Å². The second kappa shape index (κ2) is 9.45. The summed E-state index contributed by atoms with van der Waals surface area (Å²) < 4.78 is 4.67. The molecule has 0 aliphatic carbocycles. The normalized spacial score (nSPS) is 17.2. The van der Waals surface area contributed by atoms with Crippen molar-refractivity contribution in [2.45, 2.75) is 51.6 Å². The van der Waals surface area contributed by atoms with Gasteiger partial charge in [0.25, 0.3) is 5.91 Å². The van der Waals surface area contributed by atoms with Gasteiger partial charge in [0.05, 0.1) is 12.7 Å². The van der Waals surface area contributed by atoms with E-state index in [4.69, 9.17) is 5.73 Å². The first-order valence-electron chi connectivity index (χ1n) is 10.0. The molecule has 1 aromatic rings. The van der Waals surface area contributed by atoms with E-state index in [0.29, 0.717) is 31.1 Å². The second-order valence-corrected chi connectivity index (χ2v) is 8.23. The zero-order valence-electron chi connectivity index (χ0n) is 17.7. The molecule has 0 bridgehead atoms. The standard InChI is InChI=1S/C21H33N3O5/c1-13(2)15-11-16(18(26)12-17(15)25)19(27)24-9-6-14(7-10-24)5-8-23-21(3,22)20(28)29-4/h11-14,23,25-26H,5-10,22H2,1-4H3. The summed E-state index contributed by atoms with van der Waals surface area (Å²) in [7, 11) is 1.30. The van der Waals surface area contributed by atoms with Crippen LogP contribution in [0.15, 0.2) is 12.1 Å². The van der Waals surface area contributed by atoms with Gasteiger partial charge in [-0.1, -0.05) is 13.8 Å². The van der Waals surface area contributed by atoms with Crippen molar-refractivity contribution in [3.63, 3.8) is 0 Å². The summed E-state index contributed by atoms with van der Waals surface area (Å²) in [4.78, 5) is 26.2. The van der Waals surface area contributed by atoms with Gasteiger partial charge >= 0.3 is 5.97 Å². The second-order valence-electron chi connectivity index (χ2n) is 8.23. The minimum atomic E-state index is -1.21. The summed E-state index contributed by atoms with van der Waals surface area (Å²) >= 11 is 0. The summed E-state index contributed by atoms with van der Waals surface area (Å²) in [5.74, 6) is -0.473. The average Bonchev–Trinajstić information content (AvgIpc) is 2.67. The molecule has 2 rings (SSSR count). The number of aromatic hydroxyl groups is 2. The van der Waals surface area contributed by atoms with Crippen LogP contribution in [0.3, 0.4) is 0 Å². The minimum absolute atomic E-state index is 0.000818. The monoisotopic (exact) mass is 407 g/mol. The number of piperidine rings is 1. The third kappa shape index (κ3) is 5.61. The van der Waals surface area contributed by atoms with Crippen molar-refractivity contribution in [1.29, 1.82) is 0 Å². The minimum Gasteiger partial charge on any atom is -0.508 e. The Kier molecular flexibility index (Phi) is 7.48. The van der Waals surface area contributed by atoms with Crippen LogP contribution in [-0.4, -0.2) is 59.4 Å². The molecular formula is C21H33N3O5. The topological polar surface area (TPSA) is 125 Å². The quantitative estimate of drug-likeness (QED) is 0.402. The number of methoxy groups -OCH3 is 1. The molecule has 8 heteroatoms. The van der Waals surface area contributed by atoms with E-state index in [1.165, 1.54) is 13.2 Å². The number of nitrogens with zero attached hydrogens (tertiary/aromatic N) is 1. The van der Waals surface area contributed by atoms with Crippen LogP contribution in [0.4, 0.5) is 0 Å². The molecule has 1 atom stereocenters. The summed E-state index contributed by atoms with van der Waals surface area (Å²) in [5, 5.41) is 23.1. The van der Waals surface area contributed by atoms with Gasteiger partial charge in [0.1, 0.15) is 11.5 Å². The summed E-state index contributed by atoms with van der Waals surface area (Å²) in [6, 6.07) is 2.83. The average molecular weight is 408 g/mol. The third-order valence-corrected chi connectivity index (χ3v) is 5.55. The molecule has 1 aromatic carbocycles. The van der Waals surface area contributed by atoms with E-state index in [1.807, 2.05) is 13.8 Å². The maximum absolute atomic E-state index is 12.9.